The van der Waals surface area contributed by atoms with E-state index in [1.54, 1.807) is 17.6 Å². The number of aromatic nitrogens is 1. The zero-order chi connectivity index (χ0) is 13.9. The van der Waals surface area contributed by atoms with Crippen LogP contribution in [0.3, 0.4) is 0 Å². The number of ether oxygens (including phenoxy) is 1. The number of para-hydroxylation sites is 1. The molecule has 0 aliphatic carbocycles. The van der Waals surface area contributed by atoms with Crippen LogP contribution in [0, 0.1) is 0 Å². The van der Waals surface area contributed by atoms with Gasteiger partial charge in [-0.1, -0.05) is 18.2 Å². The molecule has 5 heteroatoms. The fourth-order valence-electron chi connectivity index (χ4n) is 1.93. The molecule has 0 saturated carbocycles. The standard InChI is InChI=1S/C15H11NO3S/c17-15(18)14-11(5-6-20-14)9-19-12-7-10-3-1-2-4-13(10)16-8-12/h1-8H,9H2,(H,17,18). The number of fused-ring (bicyclic) bond motifs is 1. The average Bonchev–Trinajstić information content (AvgIpc) is 2.93. The molecule has 0 bridgehead atoms. The van der Waals surface area contributed by atoms with Crippen molar-refractivity contribution >= 4 is 28.2 Å². The Kier molecular flexibility index (Phi) is 3.35. The summed E-state index contributed by atoms with van der Waals surface area (Å²) < 4.78 is 5.63. The number of aromatic carboxylic acids is 1. The molecule has 100 valence electrons. The van der Waals surface area contributed by atoms with Crippen molar-refractivity contribution in [2.24, 2.45) is 0 Å². The average molecular weight is 285 g/mol. The van der Waals surface area contributed by atoms with Crippen molar-refractivity contribution in [3.8, 4) is 5.75 Å². The molecule has 2 heterocycles. The van der Waals surface area contributed by atoms with Gasteiger partial charge in [-0.3, -0.25) is 4.98 Å². The van der Waals surface area contributed by atoms with E-state index in [-0.39, 0.29) is 6.61 Å². The van der Waals surface area contributed by atoms with Gasteiger partial charge >= 0.3 is 5.97 Å². The number of carboxylic acids is 1. The fraction of sp³-hybridized carbons (Fsp3) is 0.0667. The molecule has 1 aromatic carbocycles. The molecule has 0 aliphatic heterocycles. The van der Waals surface area contributed by atoms with Crippen molar-refractivity contribution in [1.82, 2.24) is 4.98 Å². The van der Waals surface area contributed by atoms with E-state index in [1.807, 2.05) is 30.3 Å². The first-order valence-corrected chi connectivity index (χ1v) is 6.89. The minimum atomic E-state index is -0.921. The first-order chi connectivity index (χ1) is 9.74. The third-order valence-electron chi connectivity index (χ3n) is 2.90. The lowest BCUT2D eigenvalue weighted by Gasteiger charge is -2.06. The van der Waals surface area contributed by atoms with Crippen LogP contribution >= 0.6 is 11.3 Å². The van der Waals surface area contributed by atoms with Gasteiger partial charge in [-0.2, -0.15) is 0 Å². The highest BCUT2D eigenvalue weighted by Gasteiger charge is 2.12. The van der Waals surface area contributed by atoms with Crippen molar-refractivity contribution in [2.45, 2.75) is 6.61 Å². The normalized spacial score (nSPS) is 10.6. The van der Waals surface area contributed by atoms with Gasteiger partial charge in [0.05, 0.1) is 11.7 Å². The number of thiophene rings is 1. The van der Waals surface area contributed by atoms with Crippen LogP contribution in [-0.2, 0) is 6.61 Å². The van der Waals surface area contributed by atoms with E-state index < -0.39 is 5.97 Å². The van der Waals surface area contributed by atoms with E-state index in [4.69, 9.17) is 9.84 Å². The topological polar surface area (TPSA) is 59.4 Å². The number of nitrogens with zero attached hydrogens (tertiary/aromatic N) is 1. The molecule has 0 amide bonds. The Bertz CT molecular complexity index is 766. The molecule has 3 rings (SSSR count). The third-order valence-corrected chi connectivity index (χ3v) is 3.85. The largest absolute Gasteiger partial charge is 0.487 e. The summed E-state index contributed by atoms with van der Waals surface area (Å²) >= 11 is 1.20. The lowest BCUT2D eigenvalue weighted by Crippen LogP contribution is -2.01. The molecule has 0 unspecified atom stereocenters. The summed E-state index contributed by atoms with van der Waals surface area (Å²) in [6.45, 7) is 0.227. The van der Waals surface area contributed by atoms with E-state index in [2.05, 4.69) is 4.98 Å². The number of hydrogen-bond acceptors (Lipinski definition) is 4. The second kappa shape index (κ2) is 5.30. The van der Waals surface area contributed by atoms with Crippen LogP contribution < -0.4 is 4.74 Å². The summed E-state index contributed by atoms with van der Waals surface area (Å²) in [7, 11) is 0. The second-order valence-corrected chi connectivity index (χ2v) is 5.15. The van der Waals surface area contributed by atoms with Crippen molar-refractivity contribution in [3.05, 3.63) is 58.4 Å². The van der Waals surface area contributed by atoms with Crippen LogP contribution in [0.5, 0.6) is 5.75 Å². The monoisotopic (exact) mass is 285 g/mol. The predicted octanol–water partition coefficient (Wildman–Crippen LogP) is 3.57. The summed E-state index contributed by atoms with van der Waals surface area (Å²) in [5.41, 5.74) is 1.58. The number of benzene rings is 1. The highest BCUT2D eigenvalue weighted by atomic mass is 32.1. The molecule has 0 radical (unpaired) electrons. The number of carboxylic acid groups (broad SMARTS) is 1. The maximum Gasteiger partial charge on any atom is 0.346 e. The molecule has 3 aromatic rings. The molecular weight excluding hydrogens is 274 g/mol. The Labute approximate surface area is 119 Å². The highest BCUT2D eigenvalue weighted by molar-refractivity contribution is 7.12. The number of pyridine rings is 1. The van der Waals surface area contributed by atoms with Crippen LogP contribution in [0.1, 0.15) is 15.2 Å². The van der Waals surface area contributed by atoms with Crippen LogP contribution in [0.4, 0.5) is 0 Å². The van der Waals surface area contributed by atoms with Gasteiger partial charge in [0, 0.05) is 10.9 Å². The van der Waals surface area contributed by atoms with Crippen LogP contribution in [0.2, 0.25) is 0 Å². The Hall–Kier alpha value is -2.40. The van der Waals surface area contributed by atoms with Gasteiger partial charge in [0.25, 0.3) is 0 Å². The lowest BCUT2D eigenvalue weighted by molar-refractivity contribution is 0.0699. The Balaban J connectivity index is 1.79. The third kappa shape index (κ3) is 2.48. The molecule has 1 N–H and O–H groups in total. The van der Waals surface area contributed by atoms with Gasteiger partial charge < -0.3 is 9.84 Å². The predicted molar refractivity (Wildman–Crippen MR) is 77.4 cm³/mol. The van der Waals surface area contributed by atoms with Crippen LogP contribution in [0.25, 0.3) is 10.9 Å². The minimum Gasteiger partial charge on any atom is -0.487 e. The van der Waals surface area contributed by atoms with Crippen LogP contribution in [0.15, 0.2) is 48.0 Å². The van der Waals surface area contributed by atoms with Gasteiger partial charge in [0.2, 0.25) is 0 Å². The maximum atomic E-state index is 11.0. The lowest BCUT2D eigenvalue weighted by atomic mass is 10.2. The molecule has 0 fully saturated rings. The quantitative estimate of drug-likeness (QED) is 0.796. The van der Waals surface area contributed by atoms with Gasteiger partial charge in [0.1, 0.15) is 17.2 Å². The van der Waals surface area contributed by atoms with E-state index in [0.29, 0.717) is 16.2 Å². The Morgan fingerprint density at radius 3 is 3.00 bits per heavy atom. The Morgan fingerprint density at radius 2 is 2.15 bits per heavy atom. The molecule has 2 aromatic heterocycles. The first kappa shape index (κ1) is 12.6. The van der Waals surface area contributed by atoms with E-state index in [0.717, 1.165) is 10.9 Å². The zero-order valence-electron chi connectivity index (χ0n) is 10.4. The van der Waals surface area contributed by atoms with Crippen molar-refractivity contribution in [1.29, 1.82) is 0 Å². The van der Waals surface area contributed by atoms with Gasteiger partial charge in [0.15, 0.2) is 0 Å². The van der Waals surface area contributed by atoms with Crippen molar-refractivity contribution in [2.75, 3.05) is 0 Å². The number of rotatable bonds is 4. The highest BCUT2D eigenvalue weighted by Crippen LogP contribution is 2.21. The van der Waals surface area contributed by atoms with Crippen molar-refractivity contribution < 1.29 is 14.6 Å². The molecule has 4 nitrogen and oxygen atoms in total. The molecule has 0 aliphatic rings. The van der Waals surface area contributed by atoms with Crippen LogP contribution in [-0.4, -0.2) is 16.1 Å². The summed E-state index contributed by atoms with van der Waals surface area (Å²) in [5, 5.41) is 11.8. The second-order valence-electron chi connectivity index (χ2n) is 4.23. The minimum absolute atomic E-state index is 0.227. The summed E-state index contributed by atoms with van der Waals surface area (Å²) in [6.07, 6.45) is 1.65. The summed E-state index contributed by atoms with van der Waals surface area (Å²) in [4.78, 5) is 15.6. The Morgan fingerprint density at radius 1 is 1.30 bits per heavy atom. The van der Waals surface area contributed by atoms with Gasteiger partial charge in [-0.15, -0.1) is 11.3 Å². The first-order valence-electron chi connectivity index (χ1n) is 6.01. The summed E-state index contributed by atoms with van der Waals surface area (Å²) in [6, 6.07) is 11.4. The number of carbonyl (C=O) groups is 1. The zero-order valence-corrected chi connectivity index (χ0v) is 11.3. The smallest absolute Gasteiger partial charge is 0.346 e. The van der Waals surface area contributed by atoms with Gasteiger partial charge in [-0.05, 0) is 23.6 Å². The number of hydrogen-bond donors (Lipinski definition) is 1. The molecular formula is C15H11NO3S. The fourth-order valence-corrected chi connectivity index (χ4v) is 2.68. The van der Waals surface area contributed by atoms with E-state index >= 15 is 0 Å². The van der Waals surface area contributed by atoms with E-state index in [1.165, 1.54) is 11.3 Å². The maximum absolute atomic E-state index is 11.0. The molecule has 0 saturated heterocycles. The summed E-state index contributed by atoms with van der Waals surface area (Å²) in [5.74, 6) is -0.290. The van der Waals surface area contributed by atoms with Crippen molar-refractivity contribution in [3.63, 3.8) is 0 Å². The van der Waals surface area contributed by atoms with E-state index in [9.17, 15) is 4.79 Å². The molecule has 0 spiro atoms. The SMILES string of the molecule is O=C(O)c1sccc1COc1cnc2ccccc2c1. The molecule has 0 atom stereocenters. The molecule has 20 heavy (non-hydrogen) atoms. The van der Waals surface area contributed by atoms with Gasteiger partial charge in [-0.25, -0.2) is 4.79 Å².